The van der Waals surface area contributed by atoms with Crippen LogP contribution in [-0.2, 0) is 6.54 Å². The van der Waals surface area contributed by atoms with E-state index in [1.54, 1.807) is 0 Å². The maximum absolute atomic E-state index is 2.59. The van der Waals surface area contributed by atoms with Gasteiger partial charge in [-0.15, -0.1) is 0 Å². The zero-order valence-corrected chi connectivity index (χ0v) is 13.2. The summed E-state index contributed by atoms with van der Waals surface area (Å²) in [5, 5.41) is 0. The predicted molar refractivity (Wildman–Crippen MR) is 78.5 cm³/mol. The molecule has 0 aliphatic carbocycles. The van der Waals surface area contributed by atoms with Gasteiger partial charge >= 0.3 is 126 Å². The average Bonchev–Trinajstić information content (AvgIpc) is 2.44. The van der Waals surface area contributed by atoms with Gasteiger partial charge in [-0.1, -0.05) is 0 Å². The number of para-hydroxylation sites is 1. The summed E-state index contributed by atoms with van der Waals surface area (Å²) < 4.78 is 3.87. The molecule has 0 bridgehead atoms. The van der Waals surface area contributed by atoms with Crippen LogP contribution in [0.25, 0.3) is 12.2 Å². The molecule has 1 nitrogen and oxygen atoms in total. The van der Waals surface area contributed by atoms with Gasteiger partial charge in [0.05, 0.1) is 0 Å². The van der Waals surface area contributed by atoms with Crippen molar-refractivity contribution in [1.82, 2.24) is 0 Å². The molecule has 0 amide bonds. The molecule has 0 spiro atoms. The van der Waals surface area contributed by atoms with Gasteiger partial charge in [0.15, 0.2) is 0 Å². The number of nitrogens with zero attached hydrogens (tertiary/aromatic N) is 1. The molecule has 0 aromatic heterocycles. The molecule has 0 atom stereocenters. The van der Waals surface area contributed by atoms with E-state index in [1.165, 1.54) is 26.8 Å². The van der Waals surface area contributed by atoms with Crippen molar-refractivity contribution in [3.05, 3.63) is 65.2 Å². The number of hydrogen-bond donors (Lipinski definition) is 0. The SMILES string of the molecule is CC[I-]N1Cc2ccccc2/C=C\c2ccccc21. The van der Waals surface area contributed by atoms with Gasteiger partial charge in [-0.05, 0) is 0 Å². The quantitative estimate of drug-likeness (QED) is 0.441. The topological polar surface area (TPSA) is 3.24 Å². The van der Waals surface area contributed by atoms with Crippen LogP contribution in [-0.4, -0.2) is 4.43 Å². The van der Waals surface area contributed by atoms with Crippen LogP contribution in [0.4, 0.5) is 5.69 Å². The van der Waals surface area contributed by atoms with Crippen molar-refractivity contribution < 1.29 is 21.5 Å². The maximum atomic E-state index is 2.59. The fourth-order valence-electron chi connectivity index (χ4n) is 2.36. The van der Waals surface area contributed by atoms with Crippen LogP contribution in [0.3, 0.4) is 0 Å². The number of anilines is 1. The van der Waals surface area contributed by atoms with Crippen molar-refractivity contribution in [3.63, 3.8) is 0 Å². The van der Waals surface area contributed by atoms with E-state index < -0.39 is 0 Å². The summed E-state index contributed by atoms with van der Waals surface area (Å²) in [6.45, 7) is 3.33. The number of fused-ring (bicyclic) bond motifs is 2. The molecule has 3 rings (SSSR count). The molecule has 0 fully saturated rings. The fraction of sp³-hybridized carbons (Fsp3) is 0.176. The van der Waals surface area contributed by atoms with Gasteiger partial charge in [-0.2, -0.15) is 0 Å². The molecular formula is C17H17IN-. The Hall–Kier alpha value is -1.29. The Morgan fingerprint density at radius 2 is 1.63 bits per heavy atom. The summed E-state index contributed by atoms with van der Waals surface area (Å²) in [7, 11) is 0. The predicted octanol–water partition coefficient (Wildman–Crippen LogP) is 1.20. The van der Waals surface area contributed by atoms with Gasteiger partial charge in [0.2, 0.25) is 0 Å². The minimum atomic E-state index is 0.0614. The third kappa shape index (κ3) is 2.68. The Bertz CT molecular complexity index is 604. The van der Waals surface area contributed by atoms with Crippen molar-refractivity contribution in [2.75, 3.05) is 7.54 Å². The molecule has 98 valence electrons. The first-order valence-electron chi connectivity index (χ1n) is 6.60. The molecule has 2 heteroatoms. The van der Waals surface area contributed by atoms with E-state index >= 15 is 0 Å². The first kappa shape index (κ1) is 12.7. The summed E-state index contributed by atoms with van der Waals surface area (Å²) >= 11 is 0.0614. The Morgan fingerprint density at radius 1 is 0.947 bits per heavy atom. The van der Waals surface area contributed by atoms with E-state index in [1.807, 2.05) is 0 Å². The molecule has 2 aromatic carbocycles. The summed E-state index contributed by atoms with van der Waals surface area (Å²) in [5.41, 5.74) is 5.51. The summed E-state index contributed by atoms with van der Waals surface area (Å²) in [5.74, 6) is 0. The van der Waals surface area contributed by atoms with Crippen molar-refractivity contribution in [1.29, 1.82) is 0 Å². The Labute approximate surface area is 125 Å². The number of halogens is 1. The molecule has 0 saturated carbocycles. The standard InChI is InChI=1S/C17H17IN/c1-2-18-19-13-16-9-4-3-7-14(16)11-12-15-8-5-6-10-17(15)19/h3-12H,2,13H2,1H3/q-1/b12-11-. The second-order valence-corrected chi connectivity index (χ2v) is 7.87. The Morgan fingerprint density at radius 3 is 2.47 bits per heavy atom. The third-order valence-corrected chi connectivity index (χ3v) is 5.64. The fourth-order valence-corrected chi connectivity index (χ4v) is 4.59. The number of hydrogen-bond acceptors (Lipinski definition) is 1. The monoisotopic (exact) mass is 362 g/mol. The number of alkyl halides is 1. The zero-order valence-electron chi connectivity index (χ0n) is 11.0. The zero-order chi connectivity index (χ0) is 13.1. The summed E-state index contributed by atoms with van der Waals surface area (Å²) in [4.78, 5) is 0. The third-order valence-electron chi connectivity index (χ3n) is 3.27. The van der Waals surface area contributed by atoms with Crippen LogP contribution in [0.1, 0.15) is 23.6 Å². The molecule has 2 aromatic rings. The molecule has 0 saturated heterocycles. The summed E-state index contributed by atoms with van der Waals surface area (Å²) in [6.07, 6.45) is 4.50. The normalized spacial score (nSPS) is 15.3. The van der Waals surface area contributed by atoms with Crippen molar-refractivity contribution in [2.24, 2.45) is 0 Å². The Balaban J connectivity index is 2.11. The van der Waals surface area contributed by atoms with Gasteiger partial charge in [-0.25, -0.2) is 0 Å². The van der Waals surface area contributed by atoms with E-state index in [0.29, 0.717) is 0 Å². The van der Waals surface area contributed by atoms with E-state index in [0.717, 1.165) is 6.54 Å². The van der Waals surface area contributed by atoms with Gasteiger partial charge in [-0.3, -0.25) is 0 Å². The van der Waals surface area contributed by atoms with Gasteiger partial charge in [0.1, 0.15) is 0 Å². The second kappa shape index (κ2) is 5.78. The van der Waals surface area contributed by atoms with E-state index in [-0.39, 0.29) is 21.5 Å². The summed E-state index contributed by atoms with van der Waals surface area (Å²) in [6, 6.07) is 17.5. The van der Waals surface area contributed by atoms with E-state index in [4.69, 9.17) is 0 Å². The molecule has 1 aliphatic rings. The van der Waals surface area contributed by atoms with E-state index in [9.17, 15) is 0 Å². The second-order valence-electron chi connectivity index (χ2n) is 4.50. The minimum absolute atomic E-state index is 0.0614. The molecule has 0 N–H and O–H groups in total. The first-order valence-corrected chi connectivity index (χ1v) is 9.09. The molecule has 1 heterocycles. The number of benzene rings is 2. The van der Waals surface area contributed by atoms with Gasteiger partial charge in [0.25, 0.3) is 0 Å². The molecule has 19 heavy (non-hydrogen) atoms. The van der Waals surface area contributed by atoms with Crippen LogP contribution in [0.15, 0.2) is 48.5 Å². The first-order chi connectivity index (χ1) is 9.38. The van der Waals surface area contributed by atoms with Gasteiger partial charge < -0.3 is 0 Å². The van der Waals surface area contributed by atoms with Crippen LogP contribution in [0, 0.1) is 0 Å². The van der Waals surface area contributed by atoms with E-state index in [2.05, 4.69) is 70.7 Å². The van der Waals surface area contributed by atoms with Crippen LogP contribution < -0.4 is 24.6 Å². The van der Waals surface area contributed by atoms with Gasteiger partial charge in [0, 0.05) is 0 Å². The van der Waals surface area contributed by atoms with Crippen LogP contribution >= 0.6 is 0 Å². The average molecular weight is 362 g/mol. The molecule has 1 aliphatic heterocycles. The van der Waals surface area contributed by atoms with Crippen LogP contribution in [0.5, 0.6) is 0 Å². The van der Waals surface area contributed by atoms with Crippen molar-refractivity contribution in [2.45, 2.75) is 13.5 Å². The molecule has 0 radical (unpaired) electrons. The van der Waals surface area contributed by atoms with Crippen molar-refractivity contribution >= 4 is 17.8 Å². The Kier molecular flexibility index (Phi) is 3.87. The molecule has 0 unspecified atom stereocenters. The van der Waals surface area contributed by atoms with Crippen molar-refractivity contribution in [3.8, 4) is 0 Å². The van der Waals surface area contributed by atoms with Crippen LogP contribution in [0.2, 0.25) is 0 Å². The number of rotatable bonds is 2. The molecular weight excluding hydrogens is 345 g/mol.